The van der Waals surface area contributed by atoms with Crippen LogP contribution < -0.4 is 19.5 Å². The first-order valence-corrected chi connectivity index (χ1v) is 8.58. The molecule has 0 spiro atoms. The Bertz CT molecular complexity index is 874. The molecule has 2 aromatic carbocycles. The number of aromatic nitrogens is 1. The summed E-state index contributed by atoms with van der Waals surface area (Å²) in [5.41, 5.74) is 3.18. The molecule has 0 bridgehead atoms. The Morgan fingerprint density at radius 1 is 0.926 bits per heavy atom. The van der Waals surface area contributed by atoms with Gasteiger partial charge in [-0.25, -0.2) is 0 Å². The monoisotopic (exact) mass is 384 g/mol. The first kappa shape index (κ1) is 19.0. The number of halogens is 1. The van der Waals surface area contributed by atoms with E-state index in [2.05, 4.69) is 16.4 Å². The summed E-state index contributed by atoms with van der Waals surface area (Å²) in [5.74, 6) is 2.49. The van der Waals surface area contributed by atoms with Crippen molar-refractivity contribution in [1.82, 2.24) is 10.3 Å². The second kappa shape index (κ2) is 9.26. The second-order valence-electron chi connectivity index (χ2n) is 6.01. The van der Waals surface area contributed by atoms with Crippen molar-refractivity contribution in [3.8, 4) is 17.2 Å². The van der Waals surface area contributed by atoms with E-state index in [9.17, 15) is 0 Å². The fourth-order valence-corrected chi connectivity index (χ4v) is 2.82. The number of nitrogens with zero attached hydrogens (tertiary/aromatic N) is 1. The normalized spacial score (nSPS) is 11.7. The van der Waals surface area contributed by atoms with Crippen LogP contribution in [0, 0.1) is 0 Å². The molecule has 1 aliphatic rings. The summed E-state index contributed by atoms with van der Waals surface area (Å²) in [7, 11) is 0. The highest BCUT2D eigenvalue weighted by Gasteiger charge is 2.13. The van der Waals surface area contributed by atoms with Gasteiger partial charge in [0.25, 0.3) is 0 Å². The van der Waals surface area contributed by atoms with Crippen LogP contribution in [0.25, 0.3) is 0 Å². The fourth-order valence-electron chi connectivity index (χ4n) is 2.82. The lowest BCUT2D eigenvalue weighted by atomic mass is 10.1. The Kier molecular flexibility index (Phi) is 6.52. The lowest BCUT2D eigenvalue weighted by molar-refractivity contribution is 0.174. The fraction of sp³-hybridized carbons (Fsp3) is 0.190. The van der Waals surface area contributed by atoms with Gasteiger partial charge in [0.15, 0.2) is 11.5 Å². The quantitative estimate of drug-likeness (QED) is 0.664. The van der Waals surface area contributed by atoms with E-state index < -0.39 is 0 Å². The summed E-state index contributed by atoms with van der Waals surface area (Å²) >= 11 is 0. The zero-order chi connectivity index (χ0) is 17.6. The molecule has 6 heteroatoms. The number of para-hydroxylation sites is 1. The topological polar surface area (TPSA) is 52.6 Å². The zero-order valence-electron chi connectivity index (χ0n) is 14.8. The molecule has 0 aliphatic carbocycles. The molecular weight excluding hydrogens is 364 g/mol. The van der Waals surface area contributed by atoms with Gasteiger partial charge in [0, 0.05) is 24.8 Å². The third-order valence-corrected chi connectivity index (χ3v) is 4.16. The van der Waals surface area contributed by atoms with Crippen LogP contribution in [-0.2, 0) is 19.7 Å². The molecule has 0 saturated heterocycles. The first-order chi connectivity index (χ1) is 12.9. The van der Waals surface area contributed by atoms with Gasteiger partial charge < -0.3 is 19.5 Å². The summed E-state index contributed by atoms with van der Waals surface area (Å²) < 4.78 is 16.7. The molecule has 140 valence electrons. The number of pyridine rings is 1. The van der Waals surface area contributed by atoms with Gasteiger partial charge >= 0.3 is 0 Å². The van der Waals surface area contributed by atoms with Gasteiger partial charge in [-0.3, -0.25) is 4.98 Å². The lowest BCUT2D eigenvalue weighted by Crippen LogP contribution is -2.13. The molecule has 2 heterocycles. The van der Waals surface area contributed by atoms with Crippen LogP contribution in [0.3, 0.4) is 0 Å². The third-order valence-electron chi connectivity index (χ3n) is 4.16. The van der Waals surface area contributed by atoms with Crippen molar-refractivity contribution in [2.24, 2.45) is 0 Å². The Morgan fingerprint density at radius 2 is 1.78 bits per heavy atom. The van der Waals surface area contributed by atoms with Crippen LogP contribution in [0.15, 0.2) is 66.9 Å². The number of ether oxygens (including phenoxy) is 3. The molecule has 0 fully saturated rings. The van der Waals surface area contributed by atoms with E-state index in [1.165, 1.54) is 0 Å². The highest BCUT2D eigenvalue weighted by molar-refractivity contribution is 5.85. The maximum absolute atomic E-state index is 5.95. The van der Waals surface area contributed by atoms with E-state index in [1.54, 1.807) is 6.20 Å². The molecule has 5 nitrogen and oxygen atoms in total. The molecule has 1 N–H and O–H groups in total. The van der Waals surface area contributed by atoms with Crippen molar-refractivity contribution in [3.05, 3.63) is 83.7 Å². The summed E-state index contributed by atoms with van der Waals surface area (Å²) in [6.45, 7) is 2.21. The summed E-state index contributed by atoms with van der Waals surface area (Å²) in [6.07, 6.45) is 1.78. The van der Waals surface area contributed by atoms with Crippen LogP contribution >= 0.6 is 12.4 Å². The van der Waals surface area contributed by atoms with Gasteiger partial charge in [-0.1, -0.05) is 30.3 Å². The smallest absolute Gasteiger partial charge is 0.231 e. The molecular formula is C21H21ClN2O3. The molecule has 0 radical (unpaired) electrons. The van der Waals surface area contributed by atoms with Gasteiger partial charge in [-0.05, 0) is 35.9 Å². The Balaban J connectivity index is 0.00000210. The lowest BCUT2D eigenvalue weighted by Gasteiger charge is -2.12. The molecule has 27 heavy (non-hydrogen) atoms. The van der Waals surface area contributed by atoms with Crippen LogP contribution in [0.5, 0.6) is 17.2 Å². The van der Waals surface area contributed by atoms with Crippen molar-refractivity contribution in [2.45, 2.75) is 19.7 Å². The van der Waals surface area contributed by atoms with Crippen LogP contribution in [0.2, 0.25) is 0 Å². The average molecular weight is 385 g/mol. The molecule has 1 aromatic heterocycles. The maximum Gasteiger partial charge on any atom is 0.231 e. The molecule has 1 aliphatic heterocycles. The molecule has 0 saturated carbocycles. The highest BCUT2D eigenvalue weighted by atomic mass is 35.5. The Morgan fingerprint density at radius 3 is 2.67 bits per heavy atom. The van der Waals surface area contributed by atoms with Gasteiger partial charge in [-0.2, -0.15) is 0 Å². The minimum absolute atomic E-state index is 0. The number of rotatable bonds is 7. The predicted octanol–water partition coefficient (Wildman–Crippen LogP) is 4.10. The molecule has 0 unspecified atom stereocenters. The zero-order valence-corrected chi connectivity index (χ0v) is 15.6. The van der Waals surface area contributed by atoms with Crippen LogP contribution in [-0.4, -0.2) is 11.8 Å². The summed E-state index contributed by atoms with van der Waals surface area (Å²) in [4.78, 5) is 4.29. The number of hydrogen-bond donors (Lipinski definition) is 1. The van der Waals surface area contributed by atoms with Crippen molar-refractivity contribution in [3.63, 3.8) is 0 Å². The van der Waals surface area contributed by atoms with Crippen molar-refractivity contribution in [2.75, 3.05) is 6.79 Å². The largest absolute Gasteiger partial charge is 0.487 e. The van der Waals surface area contributed by atoms with Crippen molar-refractivity contribution in [1.29, 1.82) is 0 Å². The van der Waals surface area contributed by atoms with E-state index in [4.69, 9.17) is 14.2 Å². The number of benzene rings is 2. The van der Waals surface area contributed by atoms with Gasteiger partial charge in [0.2, 0.25) is 6.79 Å². The SMILES string of the molecule is Cl.c1ccc(COc2ccccc2CNCc2ccc3c(c2)OCO3)nc1. The molecule has 0 atom stereocenters. The van der Waals surface area contributed by atoms with E-state index >= 15 is 0 Å². The van der Waals surface area contributed by atoms with Crippen LogP contribution in [0.1, 0.15) is 16.8 Å². The Hall–Kier alpha value is -2.76. The maximum atomic E-state index is 5.95. The number of fused-ring (bicyclic) bond motifs is 1. The average Bonchev–Trinajstić information content (AvgIpc) is 3.16. The number of nitrogens with one attached hydrogen (secondary N) is 1. The minimum atomic E-state index is 0. The van der Waals surface area contributed by atoms with E-state index in [1.807, 2.05) is 54.6 Å². The molecule has 4 rings (SSSR count). The first-order valence-electron chi connectivity index (χ1n) is 8.58. The molecule has 0 amide bonds. The number of hydrogen-bond acceptors (Lipinski definition) is 5. The van der Waals surface area contributed by atoms with Crippen LogP contribution in [0.4, 0.5) is 0 Å². The third kappa shape index (κ3) is 4.90. The summed E-state index contributed by atoms with van der Waals surface area (Å²) in [6, 6.07) is 19.9. The van der Waals surface area contributed by atoms with Gasteiger partial charge in [0.05, 0.1) is 5.69 Å². The van der Waals surface area contributed by atoms with Crippen molar-refractivity contribution >= 4 is 12.4 Å². The second-order valence-corrected chi connectivity index (χ2v) is 6.01. The highest BCUT2D eigenvalue weighted by Crippen LogP contribution is 2.32. The van der Waals surface area contributed by atoms with E-state index in [0.29, 0.717) is 19.9 Å². The Labute approximate surface area is 164 Å². The minimum Gasteiger partial charge on any atom is -0.487 e. The standard InChI is InChI=1S/C21H20N2O3.ClH/c1-2-7-19(24-14-18-6-3-4-10-23-18)17(5-1)13-22-12-16-8-9-20-21(11-16)26-15-25-20;/h1-11,22H,12-15H2;1H. The predicted molar refractivity (Wildman–Crippen MR) is 105 cm³/mol. The van der Waals surface area contributed by atoms with E-state index in [-0.39, 0.29) is 12.4 Å². The molecule has 3 aromatic rings. The summed E-state index contributed by atoms with van der Waals surface area (Å²) in [5, 5.41) is 3.46. The van der Waals surface area contributed by atoms with E-state index in [0.717, 1.165) is 40.6 Å². The van der Waals surface area contributed by atoms with Gasteiger partial charge in [0.1, 0.15) is 12.4 Å². The van der Waals surface area contributed by atoms with Crippen molar-refractivity contribution < 1.29 is 14.2 Å². The van der Waals surface area contributed by atoms with Gasteiger partial charge in [-0.15, -0.1) is 12.4 Å².